The summed E-state index contributed by atoms with van der Waals surface area (Å²) in [5, 5.41) is 116. The van der Waals surface area contributed by atoms with Crippen LogP contribution in [0, 0.1) is 5.92 Å². The van der Waals surface area contributed by atoms with E-state index in [9.17, 15) is 14.7 Å². The van der Waals surface area contributed by atoms with Crippen LogP contribution in [0.4, 0.5) is 0 Å². The fourth-order valence-electron chi connectivity index (χ4n) is 2.90. The van der Waals surface area contributed by atoms with Crippen molar-refractivity contribution in [1.82, 2.24) is 0 Å². The zero-order valence-electron chi connectivity index (χ0n) is 18.3. The standard InChI is InChI=1S/C7H10O5.C6H10O6.C6H8O6/c8-2-5(10)3-1-4(9)7(12)6(3)11;2*7-1-2(8)5-3(9)4(10)6(11)12-5/h3,5,8,10-12H,1-2H2;2-3,5,7-11H,1H2;2,5,7-10H,1H2/p-1/t3-,5+;2-,3?,5+;2-,5+/m100/s1. The van der Waals surface area contributed by atoms with Gasteiger partial charge in [0, 0.05) is 6.42 Å². The molecule has 0 fully saturated rings. The summed E-state index contributed by atoms with van der Waals surface area (Å²) >= 11 is 0. The number of carbonyl (C=O) groups excluding carboxylic acids is 2. The van der Waals surface area contributed by atoms with Crippen molar-refractivity contribution < 1.29 is 85.4 Å². The normalized spacial score (nSPS) is 28.1. The number of cyclic esters (lactones) is 1. The first-order valence-electron chi connectivity index (χ1n) is 10.0. The fraction of sp³-hybridized carbons (Fsp3) is 0.579. The van der Waals surface area contributed by atoms with Gasteiger partial charge in [-0.15, -0.1) is 0 Å². The monoisotopic (exact) mass is 527 g/mol. The predicted molar refractivity (Wildman–Crippen MR) is 107 cm³/mol. The highest BCUT2D eigenvalue weighted by Crippen LogP contribution is 2.28. The Balaban J connectivity index is 0.000000270. The summed E-state index contributed by atoms with van der Waals surface area (Å²) in [7, 11) is 0. The molecule has 17 heteroatoms. The summed E-state index contributed by atoms with van der Waals surface area (Å²) in [5.41, 5.74) is 0. The molecule has 7 atom stereocenters. The van der Waals surface area contributed by atoms with Gasteiger partial charge in [0.05, 0.1) is 31.8 Å². The van der Waals surface area contributed by atoms with E-state index in [1.807, 2.05) is 0 Å². The second kappa shape index (κ2) is 13.1. The van der Waals surface area contributed by atoms with Crippen LogP contribution >= 0.6 is 0 Å². The number of aliphatic hydroxyl groups is 12. The van der Waals surface area contributed by atoms with E-state index in [1.54, 1.807) is 0 Å². The zero-order chi connectivity index (χ0) is 27.9. The van der Waals surface area contributed by atoms with E-state index in [0.29, 0.717) is 0 Å². The van der Waals surface area contributed by atoms with Gasteiger partial charge in [-0.05, 0) is 5.76 Å². The molecule has 2 heterocycles. The van der Waals surface area contributed by atoms with Crippen molar-refractivity contribution in [3.8, 4) is 0 Å². The minimum absolute atomic E-state index is 0.153. The Bertz CT molecular complexity index is 842. The van der Waals surface area contributed by atoms with Gasteiger partial charge in [0.25, 0.3) is 5.95 Å². The van der Waals surface area contributed by atoms with Gasteiger partial charge in [0.15, 0.2) is 23.7 Å². The van der Waals surface area contributed by atoms with Crippen molar-refractivity contribution in [2.45, 2.75) is 43.0 Å². The molecule has 0 aromatic rings. The maximum absolute atomic E-state index is 10.8. The van der Waals surface area contributed by atoms with Gasteiger partial charge in [-0.2, -0.15) is 0 Å². The number of hydrogen-bond acceptors (Lipinski definition) is 17. The third-order valence-electron chi connectivity index (χ3n) is 5.00. The number of ether oxygens (including phenoxy) is 2. The summed E-state index contributed by atoms with van der Waals surface area (Å²) in [6.45, 7) is -1.87. The first-order valence-corrected chi connectivity index (χ1v) is 10.0. The van der Waals surface area contributed by atoms with Gasteiger partial charge in [0.1, 0.15) is 24.1 Å². The molecule has 0 saturated heterocycles. The maximum Gasteiger partial charge on any atom is 0.377 e. The lowest BCUT2D eigenvalue weighted by molar-refractivity contribution is -0.322. The number of rotatable bonds is 6. The van der Waals surface area contributed by atoms with Crippen molar-refractivity contribution >= 4 is 11.8 Å². The van der Waals surface area contributed by atoms with E-state index < -0.39 is 109 Å². The second-order valence-corrected chi connectivity index (χ2v) is 7.47. The second-order valence-electron chi connectivity index (χ2n) is 7.47. The highest BCUT2D eigenvalue weighted by atomic mass is 16.6. The minimum Gasteiger partial charge on any atom is -0.869 e. The third-order valence-corrected chi connectivity index (χ3v) is 5.00. The SMILES string of the molecule is O=C1C[C@H]([C@@H](O)CO)C(O)=C1O.O=C1O[C@H]([C@@H](O)CO)C(O)=C1O.[O-]C1=C(O)O[C@H]([C@@H](O)CO)C1O. The molecule has 0 spiro atoms. The number of allylic oxidation sites excluding steroid dienone is 1. The lowest BCUT2D eigenvalue weighted by Crippen LogP contribution is -2.40. The molecule has 1 aliphatic carbocycles. The minimum atomic E-state index is -1.60. The highest BCUT2D eigenvalue weighted by molar-refractivity contribution is 5.96. The summed E-state index contributed by atoms with van der Waals surface area (Å²) in [6.07, 6.45) is -8.39. The smallest absolute Gasteiger partial charge is 0.377 e. The molecule has 206 valence electrons. The van der Waals surface area contributed by atoms with Crippen molar-refractivity contribution in [2.75, 3.05) is 19.8 Å². The van der Waals surface area contributed by atoms with Gasteiger partial charge in [0.2, 0.25) is 11.5 Å². The molecular formula is C19H27O17-. The van der Waals surface area contributed by atoms with Crippen LogP contribution in [0.5, 0.6) is 0 Å². The van der Waals surface area contributed by atoms with Gasteiger partial charge in [-0.1, -0.05) is 0 Å². The summed E-state index contributed by atoms with van der Waals surface area (Å²) in [4.78, 5) is 21.3. The number of esters is 1. The van der Waals surface area contributed by atoms with Crippen LogP contribution in [0.1, 0.15) is 6.42 Å². The lowest BCUT2D eigenvalue weighted by Gasteiger charge is -2.20. The zero-order valence-corrected chi connectivity index (χ0v) is 18.3. The Hall–Kier alpha value is -3.32. The Morgan fingerprint density at radius 3 is 1.67 bits per heavy atom. The summed E-state index contributed by atoms with van der Waals surface area (Å²) in [6, 6.07) is 0. The number of hydrogen-bond donors (Lipinski definition) is 12. The number of ketones is 1. The molecule has 1 unspecified atom stereocenters. The molecule has 3 aliphatic rings. The molecular weight excluding hydrogens is 500 g/mol. The maximum atomic E-state index is 10.8. The van der Waals surface area contributed by atoms with Crippen molar-refractivity contribution in [1.29, 1.82) is 0 Å². The van der Waals surface area contributed by atoms with Gasteiger partial charge in [-0.3, -0.25) is 4.79 Å². The van der Waals surface area contributed by atoms with Gasteiger partial charge >= 0.3 is 5.97 Å². The molecule has 0 amide bonds. The lowest BCUT2D eigenvalue weighted by atomic mass is 10.0. The molecule has 0 radical (unpaired) electrons. The highest BCUT2D eigenvalue weighted by Gasteiger charge is 2.39. The van der Waals surface area contributed by atoms with E-state index in [1.165, 1.54) is 0 Å². The molecule has 36 heavy (non-hydrogen) atoms. The number of Topliss-reactive ketones (excluding diaryl/α,β-unsaturated/α-hetero) is 1. The van der Waals surface area contributed by atoms with Gasteiger partial charge < -0.3 is 75.9 Å². The fourth-order valence-corrected chi connectivity index (χ4v) is 2.90. The van der Waals surface area contributed by atoms with Crippen LogP contribution in [0.25, 0.3) is 0 Å². The first-order chi connectivity index (χ1) is 16.7. The van der Waals surface area contributed by atoms with Crippen LogP contribution in [-0.4, -0.2) is 129 Å². The number of aliphatic hydroxyl groups excluding tert-OH is 12. The van der Waals surface area contributed by atoms with E-state index in [0.717, 1.165) is 0 Å². The molecule has 0 aromatic carbocycles. The summed E-state index contributed by atoms with van der Waals surface area (Å²) in [5.74, 6) is -7.38. The topological polar surface area (TPSA) is 318 Å². The predicted octanol–water partition coefficient (Wildman–Crippen LogP) is -4.96. The third kappa shape index (κ3) is 6.88. The quantitative estimate of drug-likeness (QED) is 0.144. The van der Waals surface area contributed by atoms with Crippen molar-refractivity contribution in [3.63, 3.8) is 0 Å². The van der Waals surface area contributed by atoms with E-state index in [2.05, 4.69) is 9.47 Å². The summed E-state index contributed by atoms with van der Waals surface area (Å²) < 4.78 is 8.72. The van der Waals surface area contributed by atoms with Crippen LogP contribution in [0.3, 0.4) is 0 Å². The molecule has 17 nitrogen and oxygen atoms in total. The van der Waals surface area contributed by atoms with Crippen molar-refractivity contribution in [3.05, 3.63) is 34.7 Å². The Morgan fingerprint density at radius 1 is 0.806 bits per heavy atom. The number of carbonyl (C=O) groups is 2. The van der Waals surface area contributed by atoms with Crippen LogP contribution in [-0.2, 0) is 19.1 Å². The molecule has 2 aliphatic heterocycles. The first kappa shape index (κ1) is 30.7. The Labute approximate surface area is 201 Å². The average Bonchev–Trinajstić information content (AvgIpc) is 3.40. The van der Waals surface area contributed by atoms with Gasteiger partial charge in [-0.25, -0.2) is 4.79 Å². The largest absolute Gasteiger partial charge is 0.869 e. The Kier molecular flexibility index (Phi) is 11.2. The average molecular weight is 527 g/mol. The Morgan fingerprint density at radius 2 is 1.33 bits per heavy atom. The molecule has 0 bridgehead atoms. The van der Waals surface area contributed by atoms with Crippen molar-refractivity contribution in [2.24, 2.45) is 5.92 Å². The van der Waals surface area contributed by atoms with Crippen LogP contribution < -0.4 is 5.11 Å². The van der Waals surface area contributed by atoms with E-state index in [4.69, 9.17) is 61.3 Å². The van der Waals surface area contributed by atoms with E-state index >= 15 is 0 Å². The van der Waals surface area contributed by atoms with Crippen LogP contribution in [0.15, 0.2) is 34.7 Å². The molecule has 0 aromatic heterocycles. The van der Waals surface area contributed by atoms with Crippen LogP contribution in [0.2, 0.25) is 0 Å². The molecule has 12 N–H and O–H groups in total. The molecule has 0 saturated carbocycles. The molecule has 3 rings (SSSR count). The van der Waals surface area contributed by atoms with E-state index in [-0.39, 0.29) is 6.42 Å².